The van der Waals surface area contributed by atoms with E-state index in [0.29, 0.717) is 70.9 Å². The number of halogens is 4. The summed E-state index contributed by atoms with van der Waals surface area (Å²) < 4.78 is 47.8. The van der Waals surface area contributed by atoms with Gasteiger partial charge in [0.15, 0.2) is 0 Å². The number of alkyl halides is 3. The molecule has 628 valence electrons. The van der Waals surface area contributed by atoms with Crippen LogP contribution < -0.4 is 16.0 Å². The van der Waals surface area contributed by atoms with E-state index in [4.69, 9.17) is 16.3 Å². The summed E-state index contributed by atoms with van der Waals surface area (Å²) in [7, 11) is 11.3. The first-order chi connectivity index (χ1) is 52.6. The molecule has 0 radical (unpaired) electrons. The van der Waals surface area contributed by atoms with Crippen molar-refractivity contribution in [3.05, 3.63) is 34.3 Å². The first-order valence-corrected chi connectivity index (χ1v) is 41.1. The molecule has 3 aliphatic carbocycles. The van der Waals surface area contributed by atoms with E-state index in [-0.39, 0.29) is 87.8 Å². The first kappa shape index (κ1) is 91.4. The number of amides is 13. The van der Waals surface area contributed by atoms with E-state index in [0.717, 1.165) is 76.7 Å². The fourth-order valence-corrected chi connectivity index (χ4v) is 17.2. The lowest BCUT2D eigenvalue weighted by Gasteiger charge is -2.44. The minimum Gasteiger partial charge on any atom is -0.444 e. The topological polar surface area (TPSA) is 300 Å². The van der Waals surface area contributed by atoms with E-state index in [2.05, 4.69) is 16.0 Å². The van der Waals surface area contributed by atoms with Gasteiger partial charge in [-0.25, -0.2) is 4.79 Å². The summed E-state index contributed by atoms with van der Waals surface area (Å²) in [5.41, 5.74) is -3.32. The fourth-order valence-electron chi connectivity index (χ4n) is 16.9. The van der Waals surface area contributed by atoms with Crippen molar-refractivity contribution in [2.24, 2.45) is 29.6 Å². The molecule has 27 nitrogen and oxygen atoms in total. The van der Waals surface area contributed by atoms with E-state index >= 15 is 33.6 Å². The molecular weight excluding hydrogens is 1470 g/mol. The molecule has 3 N–H and O–H groups in total. The Labute approximate surface area is 665 Å². The zero-order valence-corrected chi connectivity index (χ0v) is 69.7. The molecule has 112 heavy (non-hydrogen) atoms. The highest BCUT2D eigenvalue weighted by Crippen LogP contribution is 2.39. The third kappa shape index (κ3) is 24.2. The summed E-state index contributed by atoms with van der Waals surface area (Å²) in [5.74, 6) is -9.54. The van der Waals surface area contributed by atoms with E-state index in [1.807, 2.05) is 20.8 Å². The maximum Gasteiger partial charge on any atom is 0.417 e. The summed E-state index contributed by atoms with van der Waals surface area (Å²) in [5, 5.41) is 8.21. The van der Waals surface area contributed by atoms with Crippen LogP contribution in [-0.4, -0.2) is 282 Å². The predicted molar refractivity (Wildman–Crippen MR) is 416 cm³/mol. The summed E-state index contributed by atoms with van der Waals surface area (Å²) in [6, 6.07) is -6.12. The second kappa shape index (κ2) is 40.5. The van der Waals surface area contributed by atoms with Crippen LogP contribution in [-0.2, 0) is 74.9 Å². The van der Waals surface area contributed by atoms with Crippen molar-refractivity contribution in [1.82, 2.24) is 64.9 Å². The van der Waals surface area contributed by atoms with Crippen LogP contribution in [0.2, 0.25) is 5.02 Å². The van der Waals surface area contributed by atoms with Gasteiger partial charge in [-0.05, 0) is 152 Å². The lowest BCUT2D eigenvalue weighted by Crippen LogP contribution is -2.65. The molecule has 31 heteroatoms. The monoisotopic (exact) mass is 1600 g/mol. The highest BCUT2D eigenvalue weighted by atomic mass is 35.5. The Kier molecular flexibility index (Phi) is 33.0. The third-order valence-electron chi connectivity index (χ3n) is 24.1. The molecule has 3 saturated carbocycles. The minimum absolute atomic E-state index is 0.0141. The van der Waals surface area contributed by atoms with Crippen LogP contribution in [0, 0.1) is 29.6 Å². The number of piperidine rings is 1. The van der Waals surface area contributed by atoms with Crippen LogP contribution in [0.4, 0.5) is 18.0 Å². The summed E-state index contributed by atoms with van der Waals surface area (Å²) in [6.45, 7) is 12.0. The maximum absolute atomic E-state index is 16.1. The molecular formula is C81H127ClF3N13O14. The number of hydrogen-bond acceptors (Lipinski definition) is 14. The second-order valence-corrected chi connectivity index (χ2v) is 34.7. The first-order valence-electron chi connectivity index (χ1n) is 40.7. The number of nitrogens with one attached hydrogen (secondary N) is 3. The van der Waals surface area contributed by atoms with Gasteiger partial charge in [-0.2, -0.15) is 13.2 Å². The Bertz CT molecular complexity index is 3490. The van der Waals surface area contributed by atoms with Crippen molar-refractivity contribution >= 4 is 88.6 Å². The van der Waals surface area contributed by atoms with Crippen molar-refractivity contribution in [2.45, 2.75) is 269 Å². The van der Waals surface area contributed by atoms with Crippen LogP contribution >= 0.6 is 11.6 Å². The normalized spacial score (nSPS) is 25.8. The number of hydrogen-bond donors (Lipinski definition) is 3. The molecule has 3 saturated heterocycles. The average Bonchev–Trinajstić information content (AvgIpc) is 1.59. The van der Waals surface area contributed by atoms with Crippen LogP contribution in [0.25, 0.3) is 0 Å². The minimum atomic E-state index is -4.80. The molecule has 0 aromatic heterocycles. The largest absolute Gasteiger partial charge is 0.444 e. The number of benzene rings is 1. The molecule has 7 rings (SSSR count). The molecule has 1 unspecified atom stereocenters. The van der Waals surface area contributed by atoms with Gasteiger partial charge in [0, 0.05) is 82.6 Å². The van der Waals surface area contributed by atoms with Crippen LogP contribution in [0.5, 0.6) is 0 Å². The van der Waals surface area contributed by atoms with E-state index in [9.17, 15) is 41.9 Å². The number of likely N-dealkylation sites (N-methyl/N-ethyl adjacent to an activating group) is 8. The lowest BCUT2D eigenvalue weighted by molar-refractivity contribution is -0.157. The molecule has 0 bridgehead atoms. The van der Waals surface area contributed by atoms with Crippen molar-refractivity contribution in [2.75, 3.05) is 102 Å². The van der Waals surface area contributed by atoms with E-state index < -0.39 is 185 Å². The highest BCUT2D eigenvalue weighted by Gasteiger charge is 2.51. The molecule has 6 fully saturated rings. The van der Waals surface area contributed by atoms with Gasteiger partial charge in [0.1, 0.15) is 53.4 Å². The third-order valence-corrected chi connectivity index (χ3v) is 24.4. The molecule has 8 atom stereocenters. The van der Waals surface area contributed by atoms with Gasteiger partial charge >= 0.3 is 12.3 Å². The van der Waals surface area contributed by atoms with Crippen LogP contribution in [0.15, 0.2) is 18.2 Å². The van der Waals surface area contributed by atoms with E-state index in [1.165, 1.54) is 86.9 Å². The smallest absolute Gasteiger partial charge is 0.417 e. The van der Waals surface area contributed by atoms with Gasteiger partial charge in [-0.1, -0.05) is 116 Å². The van der Waals surface area contributed by atoms with Crippen molar-refractivity contribution < 1.29 is 80.2 Å². The molecule has 1 spiro atoms. The predicted octanol–water partition coefficient (Wildman–Crippen LogP) is 7.91. The Morgan fingerprint density at radius 2 is 1.17 bits per heavy atom. The number of carbonyl (C=O) groups is 13. The number of carbonyl (C=O) groups excluding carboxylic acids is 13. The van der Waals surface area contributed by atoms with Gasteiger partial charge in [0.25, 0.3) is 0 Å². The van der Waals surface area contributed by atoms with Gasteiger partial charge in [-0.15, -0.1) is 0 Å². The van der Waals surface area contributed by atoms with Crippen molar-refractivity contribution in [3.8, 4) is 0 Å². The molecule has 13 amide bonds. The Morgan fingerprint density at radius 1 is 0.589 bits per heavy atom. The van der Waals surface area contributed by atoms with E-state index in [1.54, 1.807) is 32.6 Å². The average molecular weight is 1600 g/mol. The molecule has 1 aromatic carbocycles. The van der Waals surface area contributed by atoms with Gasteiger partial charge in [0.2, 0.25) is 70.9 Å². The van der Waals surface area contributed by atoms with Crippen LogP contribution in [0.1, 0.15) is 214 Å². The fraction of sp³-hybridized carbons (Fsp3) is 0.765. The van der Waals surface area contributed by atoms with Gasteiger partial charge < -0.3 is 69.7 Å². The zero-order chi connectivity index (χ0) is 83.0. The van der Waals surface area contributed by atoms with Crippen molar-refractivity contribution in [1.29, 1.82) is 0 Å². The second-order valence-electron chi connectivity index (χ2n) is 34.3. The summed E-state index contributed by atoms with van der Waals surface area (Å²) in [4.78, 5) is 209. The summed E-state index contributed by atoms with van der Waals surface area (Å²) >= 11 is 6.24. The van der Waals surface area contributed by atoms with Gasteiger partial charge in [0.05, 0.1) is 36.6 Å². The Morgan fingerprint density at radius 3 is 1.75 bits per heavy atom. The number of likely N-dealkylation sites (tertiary alicyclic amines) is 2. The molecule has 1 aromatic rings. The number of aryl methyl sites for hydroxylation is 1. The van der Waals surface area contributed by atoms with Crippen molar-refractivity contribution in [3.63, 3.8) is 0 Å². The Balaban J connectivity index is 1.34. The summed E-state index contributed by atoms with van der Waals surface area (Å²) in [6.07, 6.45) is 5.38. The number of rotatable bonds is 14. The standard InChI is InChI=1S/C81H127ClF3N13O14/c1-16-52(4)68-75(108)91(10)49-66(101)89(8)50-67(102)93(12)62(44-53-28-20-17-21-29-53)73(106)90(9)48-64(99)86-59(36-33-54-32-35-57(58(82)43-54)81(83,84)85)72(105)94(13)60(37-34-55-46-98(47-55)78(111)112-79(5,6)7)71(104)88-80(38-24-25-39-80)77(110)96(15)69(56-30-22-18-23-31-56)76(109)95(14)63(74(107)97-40-26-19-27-41-97)45-65(100)92(11)61(42-51(2)3)70(103)87-68/h32,35,43,51-53,55-56,59-63,68-69H,16-31,33-34,36-42,44-50H2,1-15H3,(H,86,99)(H,87,103)(H,88,104)/t52-,59+,60-,61-,62-,63-,68-,69?/m0/s1. The van der Waals surface area contributed by atoms with Crippen LogP contribution in [0.3, 0.4) is 0 Å². The zero-order valence-electron chi connectivity index (χ0n) is 69.0. The molecule has 3 aliphatic heterocycles. The quantitative estimate of drug-likeness (QED) is 0.160. The van der Waals surface area contributed by atoms with Gasteiger partial charge in [-0.3, -0.25) is 57.5 Å². The maximum atomic E-state index is 16.1. The molecule has 6 aliphatic rings. The lowest BCUT2D eigenvalue weighted by atomic mass is 9.81. The SMILES string of the molecule is CC[C@H](C)[C@@H]1NC(=O)[C@H](CC(C)C)N(C)C(=O)C[C@@H](C(=O)N2CCCCC2)N(C)C(=O)C(C2CCCCC2)N(C)C(=O)C2(CCCC2)NC(=O)[C@H](CCC2CN(C(=O)OC(C)(C)C)C2)N(C)C(=O)[C@@H](CCc2ccc(C(F)(F)F)c(Cl)c2)NC(=O)CN(C)C(=O)[C@H](CC2CCCCC2)N(C)C(=O)CN(C)C(=O)CN(C)C1=O. The Hall–Kier alpha value is -7.79. The number of nitrogens with zero attached hydrogens (tertiary/aromatic N) is 10. The highest BCUT2D eigenvalue weighted by molar-refractivity contribution is 6.31. The number of ether oxygens (including phenoxy) is 1. The molecule has 3 heterocycles.